The van der Waals surface area contributed by atoms with Crippen molar-refractivity contribution in [2.75, 3.05) is 25.2 Å². The van der Waals surface area contributed by atoms with Crippen LogP contribution in [0.25, 0.3) is 0 Å². The van der Waals surface area contributed by atoms with Crippen LogP contribution in [0.3, 0.4) is 0 Å². The third-order valence-corrected chi connectivity index (χ3v) is 2.25. The highest BCUT2D eigenvalue weighted by Crippen LogP contribution is 2.07. The fourth-order valence-electron chi connectivity index (χ4n) is 0.563. The van der Waals surface area contributed by atoms with Gasteiger partial charge in [0.1, 0.15) is 0 Å². The van der Waals surface area contributed by atoms with E-state index in [0.717, 1.165) is 18.3 Å². The van der Waals surface area contributed by atoms with Crippen LogP contribution in [-0.4, -0.2) is 25.2 Å². The van der Waals surface area contributed by atoms with Crippen LogP contribution in [0.15, 0.2) is 0 Å². The molecule has 0 spiro atoms. The molecule has 0 atom stereocenters. The Morgan fingerprint density at radius 3 is 2.50 bits per heavy atom. The van der Waals surface area contributed by atoms with Crippen molar-refractivity contribution in [2.45, 2.75) is 20.3 Å². The van der Waals surface area contributed by atoms with E-state index >= 15 is 0 Å². The first-order valence-electron chi connectivity index (χ1n) is 3.84. The van der Waals surface area contributed by atoms with Crippen LogP contribution in [0.5, 0.6) is 0 Å². The van der Waals surface area contributed by atoms with E-state index in [1.807, 2.05) is 11.8 Å². The minimum atomic E-state index is 0.843. The Bertz CT molecular complexity index is 64.3. The fourth-order valence-corrected chi connectivity index (χ4v) is 1.69. The van der Waals surface area contributed by atoms with Gasteiger partial charge in [0.05, 0.1) is 6.61 Å². The lowest BCUT2D eigenvalue weighted by Gasteiger charge is -2.02. The van der Waals surface area contributed by atoms with Crippen LogP contribution >= 0.6 is 11.8 Å². The van der Waals surface area contributed by atoms with Crippen molar-refractivity contribution < 1.29 is 4.74 Å². The predicted molar refractivity (Wildman–Crippen MR) is 48.7 cm³/mol. The van der Waals surface area contributed by atoms with Gasteiger partial charge in [0.25, 0.3) is 0 Å². The van der Waals surface area contributed by atoms with Crippen molar-refractivity contribution in [1.29, 1.82) is 0 Å². The molecule has 62 valence electrons. The van der Waals surface area contributed by atoms with Gasteiger partial charge in [-0.25, -0.2) is 0 Å². The number of methoxy groups -OCH3 is 1. The number of ether oxygens (including phenoxy) is 1. The standard InChI is InChI=1S/C8H18OS/c1-8(2)4-6-10-7-5-9-3/h8H,4-7H2,1-3H3. The molecule has 0 aromatic rings. The van der Waals surface area contributed by atoms with Crippen molar-refractivity contribution in [2.24, 2.45) is 5.92 Å². The molecular weight excluding hydrogens is 144 g/mol. The molecule has 0 saturated carbocycles. The second-order valence-corrected chi connectivity index (χ2v) is 4.01. The van der Waals surface area contributed by atoms with Gasteiger partial charge in [-0.1, -0.05) is 13.8 Å². The molecule has 0 N–H and O–H groups in total. The highest BCUT2D eigenvalue weighted by Gasteiger charge is 1.93. The number of rotatable bonds is 6. The van der Waals surface area contributed by atoms with Gasteiger partial charge in [0.2, 0.25) is 0 Å². The first-order valence-corrected chi connectivity index (χ1v) is 4.99. The summed E-state index contributed by atoms with van der Waals surface area (Å²) in [7, 11) is 1.75. The molecule has 0 aromatic carbocycles. The van der Waals surface area contributed by atoms with E-state index in [-0.39, 0.29) is 0 Å². The third kappa shape index (κ3) is 8.31. The molecule has 0 rings (SSSR count). The molecule has 0 heterocycles. The number of thioether (sulfide) groups is 1. The highest BCUT2D eigenvalue weighted by atomic mass is 32.2. The maximum atomic E-state index is 4.93. The van der Waals surface area contributed by atoms with E-state index in [9.17, 15) is 0 Å². The molecular formula is C8H18OS. The molecule has 0 saturated heterocycles. The summed E-state index contributed by atoms with van der Waals surface area (Å²) >= 11 is 1.98. The fraction of sp³-hybridized carbons (Fsp3) is 1.00. The minimum Gasteiger partial charge on any atom is -0.384 e. The molecule has 2 heteroatoms. The van der Waals surface area contributed by atoms with Crippen molar-refractivity contribution in [3.63, 3.8) is 0 Å². The zero-order valence-electron chi connectivity index (χ0n) is 7.22. The van der Waals surface area contributed by atoms with E-state index < -0.39 is 0 Å². The number of hydrogen-bond donors (Lipinski definition) is 0. The summed E-state index contributed by atoms with van der Waals surface area (Å²) in [6.07, 6.45) is 1.33. The van der Waals surface area contributed by atoms with Gasteiger partial charge >= 0.3 is 0 Å². The van der Waals surface area contributed by atoms with E-state index in [0.29, 0.717) is 0 Å². The summed E-state index contributed by atoms with van der Waals surface area (Å²) in [4.78, 5) is 0. The van der Waals surface area contributed by atoms with Gasteiger partial charge in [0.15, 0.2) is 0 Å². The highest BCUT2D eigenvalue weighted by molar-refractivity contribution is 7.99. The summed E-state index contributed by atoms with van der Waals surface area (Å²) in [5.41, 5.74) is 0. The van der Waals surface area contributed by atoms with E-state index in [2.05, 4.69) is 13.8 Å². The predicted octanol–water partition coefficient (Wildman–Crippen LogP) is 2.41. The Balaban J connectivity index is 2.77. The average molecular weight is 162 g/mol. The van der Waals surface area contributed by atoms with Crippen LogP contribution in [0.2, 0.25) is 0 Å². The summed E-state index contributed by atoms with van der Waals surface area (Å²) in [6, 6.07) is 0. The Morgan fingerprint density at radius 2 is 2.00 bits per heavy atom. The summed E-state index contributed by atoms with van der Waals surface area (Å²) in [6.45, 7) is 5.41. The van der Waals surface area contributed by atoms with Crippen LogP contribution < -0.4 is 0 Å². The lowest BCUT2D eigenvalue weighted by molar-refractivity contribution is 0.218. The Morgan fingerprint density at radius 1 is 1.30 bits per heavy atom. The largest absolute Gasteiger partial charge is 0.384 e. The summed E-state index contributed by atoms with van der Waals surface area (Å²) < 4.78 is 4.93. The molecule has 0 aromatic heterocycles. The van der Waals surface area contributed by atoms with Crippen LogP contribution in [0, 0.1) is 5.92 Å². The maximum absolute atomic E-state index is 4.93. The van der Waals surface area contributed by atoms with Crippen molar-refractivity contribution >= 4 is 11.8 Å². The normalized spacial score (nSPS) is 10.8. The molecule has 1 nitrogen and oxygen atoms in total. The zero-order valence-corrected chi connectivity index (χ0v) is 8.04. The average Bonchev–Trinajstić information content (AvgIpc) is 1.87. The van der Waals surface area contributed by atoms with E-state index in [4.69, 9.17) is 4.74 Å². The first kappa shape index (κ1) is 10.3. The topological polar surface area (TPSA) is 9.23 Å². The molecule has 0 unspecified atom stereocenters. The molecule has 0 aliphatic heterocycles. The maximum Gasteiger partial charge on any atom is 0.0552 e. The van der Waals surface area contributed by atoms with Crippen LogP contribution in [0.4, 0.5) is 0 Å². The summed E-state index contributed by atoms with van der Waals surface area (Å²) in [5.74, 6) is 3.26. The van der Waals surface area contributed by atoms with Crippen LogP contribution in [-0.2, 0) is 4.74 Å². The Hall–Kier alpha value is 0.310. The zero-order chi connectivity index (χ0) is 7.82. The van der Waals surface area contributed by atoms with Crippen LogP contribution in [0.1, 0.15) is 20.3 Å². The first-order chi connectivity index (χ1) is 4.77. The smallest absolute Gasteiger partial charge is 0.0552 e. The minimum absolute atomic E-state index is 0.843. The van der Waals surface area contributed by atoms with E-state index in [1.54, 1.807) is 7.11 Å². The molecule has 0 amide bonds. The van der Waals surface area contributed by atoms with Gasteiger partial charge in [-0.05, 0) is 18.1 Å². The molecule has 0 aliphatic rings. The lowest BCUT2D eigenvalue weighted by Crippen LogP contribution is -1.95. The van der Waals surface area contributed by atoms with Gasteiger partial charge in [-0.15, -0.1) is 0 Å². The van der Waals surface area contributed by atoms with Crippen molar-refractivity contribution in [3.8, 4) is 0 Å². The molecule has 0 radical (unpaired) electrons. The Labute approximate surface area is 68.5 Å². The molecule has 0 fully saturated rings. The van der Waals surface area contributed by atoms with Crippen molar-refractivity contribution in [1.82, 2.24) is 0 Å². The van der Waals surface area contributed by atoms with Crippen molar-refractivity contribution in [3.05, 3.63) is 0 Å². The third-order valence-electron chi connectivity index (χ3n) is 1.27. The quantitative estimate of drug-likeness (QED) is 0.555. The monoisotopic (exact) mass is 162 g/mol. The van der Waals surface area contributed by atoms with E-state index in [1.165, 1.54) is 12.2 Å². The van der Waals surface area contributed by atoms with Gasteiger partial charge in [-0.3, -0.25) is 0 Å². The lowest BCUT2D eigenvalue weighted by atomic mass is 10.2. The molecule has 0 bridgehead atoms. The molecule has 0 aliphatic carbocycles. The van der Waals surface area contributed by atoms with Gasteiger partial charge in [-0.2, -0.15) is 11.8 Å². The molecule has 10 heavy (non-hydrogen) atoms. The Kier molecular flexibility index (Phi) is 7.65. The second-order valence-electron chi connectivity index (χ2n) is 2.79. The summed E-state index contributed by atoms with van der Waals surface area (Å²) in [5, 5.41) is 0. The number of hydrogen-bond acceptors (Lipinski definition) is 2. The second kappa shape index (κ2) is 7.42. The SMILES string of the molecule is COCCSCCC(C)C. The van der Waals surface area contributed by atoms with Gasteiger partial charge in [0, 0.05) is 12.9 Å². The van der Waals surface area contributed by atoms with Gasteiger partial charge < -0.3 is 4.74 Å².